The van der Waals surface area contributed by atoms with Crippen molar-refractivity contribution in [3.05, 3.63) is 194 Å². The van der Waals surface area contributed by atoms with Gasteiger partial charge in [-0.2, -0.15) is 0 Å². The van der Waals surface area contributed by atoms with Crippen LogP contribution in [0.1, 0.15) is 37.2 Å². The van der Waals surface area contributed by atoms with Gasteiger partial charge in [-0.3, -0.25) is 4.98 Å². The molecule has 2 heterocycles. The van der Waals surface area contributed by atoms with E-state index in [1.165, 1.54) is 11.1 Å². The second-order valence-corrected chi connectivity index (χ2v) is 11.9. The molecule has 2 aromatic heterocycles. The van der Waals surface area contributed by atoms with E-state index in [0.717, 1.165) is 51.1 Å². The molecule has 0 saturated carbocycles. The molecule has 244 valence electrons. The summed E-state index contributed by atoms with van der Waals surface area (Å²) in [6.07, 6.45) is 17.6. The Bertz CT molecular complexity index is 2160. The Balaban J connectivity index is 1.40. The molecule has 0 unspecified atom stereocenters. The number of pyridine rings is 1. The van der Waals surface area contributed by atoms with Crippen LogP contribution in [0, 0.1) is 0 Å². The normalized spacial score (nSPS) is 12.1. The molecule has 6 rings (SSSR count). The van der Waals surface area contributed by atoms with Crippen LogP contribution < -0.4 is 0 Å². The zero-order chi connectivity index (χ0) is 34.5. The van der Waals surface area contributed by atoms with Crippen LogP contribution in [-0.4, -0.2) is 19.9 Å². The highest BCUT2D eigenvalue weighted by molar-refractivity contribution is 5.82. The predicted octanol–water partition coefficient (Wildman–Crippen LogP) is 11.7. The van der Waals surface area contributed by atoms with Crippen LogP contribution in [0.4, 0.5) is 0 Å². The summed E-state index contributed by atoms with van der Waals surface area (Å²) in [4.78, 5) is 19.8. The summed E-state index contributed by atoms with van der Waals surface area (Å²) >= 11 is 0. The van der Waals surface area contributed by atoms with Crippen molar-refractivity contribution in [2.24, 2.45) is 0 Å². The minimum absolute atomic E-state index is 0.537. The third-order valence-corrected chi connectivity index (χ3v) is 8.36. The molecular weight excluding hydrogens is 609 g/mol. The molecule has 4 nitrogen and oxygen atoms in total. The molecule has 0 aliphatic heterocycles. The van der Waals surface area contributed by atoms with Gasteiger partial charge in [-0.15, -0.1) is 0 Å². The van der Waals surface area contributed by atoms with E-state index in [-0.39, 0.29) is 0 Å². The standard InChI is InChI=1S/C46H40N4/c1-4-6-9-17-34(3)35-24-28-37(29-25-35)41-21-13-14-22-42(41)46-49-44(48-45(50-46)39-18-11-8-12-19-39)33-40(20-10-7-5-2)36-26-30-38(31-27-36)43-23-15-16-32-47-43/h4,6-32H,1,5,33H2,2-3H3/b9-6-,10-7-,34-17+,40-20+. The Hall–Kier alpha value is -6.26. The molecule has 0 N–H and O–H groups in total. The van der Waals surface area contributed by atoms with Gasteiger partial charge in [0.05, 0.1) is 5.69 Å². The zero-order valence-electron chi connectivity index (χ0n) is 28.6. The van der Waals surface area contributed by atoms with Crippen LogP contribution in [-0.2, 0) is 6.42 Å². The number of hydrogen-bond acceptors (Lipinski definition) is 4. The summed E-state index contributed by atoms with van der Waals surface area (Å²) in [7, 11) is 0. The van der Waals surface area contributed by atoms with Gasteiger partial charge in [0.15, 0.2) is 11.6 Å². The first kappa shape index (κ1) is 33.6. The Morgan fingerprint density at radius 1 is 0.600 bits per heavy atom. The highest BCUT2D eigenvalue weighted by atomic mass is 15.0. The summed E-state index contributed by atoms with van der Waals surface area (Å²) < 4.78 is 0. The largest absolute Gasteiger partial charge is 0.256 e. The highest BCUT2D eigenvalue weighted by Crippen LogP contribution is 2.33. The molecule has 0 radical (unpaired) electrons. The first-order valence-corrected chi connectivity index (χ1v) is 17.0. The second kappa shape index (κ2) is 16.7. The van der Waals surface area contributed by atoms with E-state index >= 15 is 0 Å². The van der Waals surface area contributed by atoms with Crippen LogP contribution in [0.5, 0.6) is 0 Å². The molecule has 0 aliphatic carbocycles. The summed E-state index contributed by atoms with van der Waals surface area (Å²) in [5, 5.41) is 0. The van der Waals surface area contributed by atoms with Gasteiger partial charge in [0.1, 0.15) is 5.82 Å². The Morgan fingerprint density at radius 3 is 2.00 bits per heavy atom. The molecule has 0 saturated heterocycles. The molecule has 4 heteroatoms. The summed E-state index contributed by atoms with van der Waals surface area (Å²) in [5.41, 5.74) is 10.7. The van der Waals surface area contributed by atoms with Gasteiger partial charge in [0, 0.05) is 29.3 Å². The molecule has 50 heavy (non-hydrogen) atoms. The van der Waals surface area contributed by atoms with Crippen molar-refractivity contribution in [1.29, 1.82) is 0 Å². The Kier molecular flexibility index (Phi) is 11.2. The first-order chi connectivity index (χ1) is 24.6. The van der Waals surface area contributed by atoms with E-state index in [9.17, 15) is 0 Å². The lowest BCUT2D eigenvalue weighted by atomic mass is 9.96. The SMILES string of the molecule is C=C/C=C\C=C(/C)c1ccc(-c2ccccc2-c2nc(C/C(=C\C=C/CC)c3ccc(-c4ccccn4)cc3)nc(-c3ccccc3)n2)cc1. The van der Waals surface area contributed by atoms with Crippen molar-refractivity contribution in [2.75, 3.05) is 0 Å². The van der Waals surface area contributed by atoms with Gasteiger partial charge in [0.25, 0.3) is 0 Å². The molecule has 0 spiro atoms. The van der Waals surface area contributed by atoms with Gasteiger partial charge in [0.2, 0.25) is 0 Å². The van der Waals surface area contributed by atoms with Crippen LogP contribution in [0.3, 0.4) is 0 Å². The van der Waals surface area contributed by atoms with Crippen molar-refractivity contribution in [3.8, 4) is 45.2 Å². The lowest BCUT2D eigenvalue weighted by Crippen LogP contribution is -2.05. The maximum absolute atomic E-state index is 5.14. The Morgan fingerprint density at radius 2 is 1.28 bits per heavy atom. The topological polar surface area (TPSA) is 51.6 Å². The summed E-state index contributed by atoms with van der Waals surface area (Å²) in [5.74, 6) is 2.00. The number of aromatic nitrogens is 4. The van der Waals surface area contributed by atoms with Gasteiger partial charge < -0.3 is 0 Å². The number of hydrogen-bond donors (Lipinski definition) is 0. The molecule has 6 aromatic rings. The lowest BCUT2D eigenvalue weighted by Gasteiger charge is -2.13. The molecule has 0 bridgehead atoms. The third-order valence-electron chi connectivity index (χ3n) is 8.36. The quantitative estimate of drug-likeness (QED) is 0.124. The third kappa shape index (κ3) is 8.41. The van der Waals surface area contributed by atoms with Crippen molar-refractivity contribution in [2.45, 2.75) is 26.7 Å². The molecular formula is C46H40N4. The molecule has 4 aromatic carbocycles. The minimum atomic E-state index is 0.537. The molecule has 0 amide bonds. The zero-order valence-corrected chi connectivity index (χ0v) is 28.6. The second-order valence-electron chi connectivity index (χ2n) is 11.9. The van der Waals surface area contributed by atoms with Crippen LogP contribution in [0.15, 0.2) is 177 Å². The average molecular weight is 649 g/mol. The Labute approximate surface area is 295 Å². The van der Waals surface area contributed by atoms with Crippen molar-refractivity contribution < 1.29 is 0 Å². The van der Waals surface area contributed by atoms with E-state index in [2.05, 4.69) is 116 Å². The molecule has 0 fully saturated rings. The van der Waals surface area contributed by atoms with Crippen LogP contribution >= 0.6 is 0 Å². The van der Waals surface area contributed by atoms with Gasteiger partial charge in [-0.05, 0) is 58.9 Å². The monoisotopic (exact) mass is 648 g/mol. The van der Waals surface area contributed by atoms with Crippen LogP contribution in [0.25, 0.3) is 56.3 Å². The van der Waals surface area contributed by atoms with E-state index < -0.39 is 0 Å². The van der Waals surface area contributed by atoms with E-state index in [1.807, 2.05) is 72.9 Å². The number of rotatable bonds is 12. The van der Waals surface area contributed by atoms with Crippen molar-refractivity contribution in [3.63, 3.8) is 0 Å². The van der Waals surface area contributed by atoms with Crippen LogP contribution in [0.2, 0.25) is 0 Å². The lowest BCUT2D eigenvalue weighted by molar-refractivity contribution is 0.954. The fourth-order valence-corrected chi connectivity index (χ4v) is 5.69. The molecule has 0 aliphatic rings. The number of benzene rings is 4. The van der Waals surface area contributed by atoms with E-state index in [4.69, 9.17) is 15.0 Å². The van der Waals surface area contributed by atoms with Gasteiger partial charge in [-0.25, -0.2) is 15.0 Å². The molecule has 0 atom stereocenters. The summed E-state index contributed by atoms with van der Waals surface area (Å²) in [6.45, 7) is 8.01. The van der Waals surface area contributed by atoms with E-state index in [0.29, 0.717) is 23.9 Å². The number of allylic oxidation sites excluding steroid dienone is 9. The smallest absolute Gasteiger partial charge is 0.164 e. The predicted molar refractivity (Wildman–Crippen MR) is 210 cm³/mol. The average Bonchev–Trinajstić information content (AvgIpc) is 3.18. The highest BCUT2D eigenvalue weighted by Gasteiger charge is 2.16. The fourth-order valence-electron chi connectivity index (χ4n) is 5.69. The first-order valence-electron chi connectivity index (χ1n) is 17.0. The van der Waals surface area contributed by atoms with Gasteiger partial charge in [-0.1, -0.05) is 165 Å². The minimum Gasteiger partial charge on any atom is -0.256 e. The maximum Gasteiger partial charge on any atom is 0.164 e. The van der Waals surface area contributed by atoms with Crippen molar-refractivity contribution >= 4 is 11.1 Å². The number of nitrogens with zero attached hydrogens (tertiary/aromatic N) is 4. The van der Waals surface area contributed by atoms with Gasteiger partial charge >= 0.3 is 0 Å². The van der Waals surface area contributed by atoms with Crippen molar-refractivity contribution in [1.82, 2.24) is 19.9 Å². The maximum atomic E-state index is 5.14. The van der Waals surface area contributed by atoms with E-state index in [1.54, 1.807) is 6.08 Å². The fraction of sp³-hybridized carbons (Fsp3) is 0.0870. The summed E-state index contributed by atoms with van der Waals surface area (Å²) in [6, 6.07) is 41.7.